The lowest BCUT2D eigenvalue weighted by molar-refractivity contribution is -0.152. The Labute approximate surface area is 439 Å². The maximum Gasteiger partial charge on any atom is 0.314 e. The number of carboxylic acids is 1. The molecule has 0 saturated carbocycles. The molecule has 0 atom stereocenters. The van der Waals surface area contributed by atoms with Gasteiger partial charge in [-0.2, -0.15) is 14.9 Å². The molecule has 0 bridgehead atoms. The lowest BCUT2D eigenvalue weighted by atomic mass is 9.93. The van der Waals surface area contributed by atoms with Gasteiger partial charge >= 0.3 is 17.9 Å². The first-order valence-electron chi connectivity index (χ1n) is 23.3. The van der Waals surface area contributed by atoms with Gasteiger partial charge in [0, 0.05) is 59.4 Å². The van der Waals surface area contributed by atoms with E-state index >= 15 is 0 Å². The number of aryl methyl sites for hydroxylation is 2. The number of benzene rings is 6. The first-order valence-corrected chi connectivity index (χ1v) is 24.9. The predicted octanol–water partition coefficient (Wildman–Crippen LogP) is 12.5. The van der Waals surface area contributed by atoms with E-state index < -0.39 is 23.8 Å². The normalized spacial score (nSPS) is 11.9. The lowest BCUT2D eigenvalue weighted by Gasteiger charge is -2.12. The number of nitrogens with zero attached hydrogens (tertiary/aromatic N) is 3. The van der Waals surface area contributed by atoms with Crippen molar-refractivity contribution in [3.8, 4) is 67.3 Å². The summed E-state index contributed by atoms with van der Waals surface area (Å²) in [7, 11) is 0. The Balaban J connectivity index is 0.000000163. The second-order valence-electron chi connectivity index (χ2n) is 17.4. The SMILES string of the molecule is Cc1ccc2[nH]c(=O)c(-c3cc(-c4ccc(Br)cc4)n(C(=O)CCC(=O)O)n3)c(-c3ccccc3)c2c1.Cc1ccc2[nH]c(=O)c(-c3cc(-c4ccc(Br)cc4)n[nH]3)c(-c3ccccc3)c2c1.O=C1CCC(=O)O1. The molecule has 5 heterocycles. The molecular weight excluding hydrogens is 1070 g/mol. The second-order valence-corrected chi connectivity index (χ2v) is 19.2. The Morgan fingerprint density at radius 2 is 1.07 bits per heavy atom. The molecule has 1 saturated heterocycles. The molecule has 6 aromatic carbocycles. The van der Waals surface area contributed by atoms with E-state index in [1.165, 1.54) is 4.68 Å². The van der Waals surface area contributed by atoms with Gasteiger partial charge < -0.3 is 19.8 Å². The van der Waals surface area contributed by atoms with Gasteiger partial charge in [0.1, 0.15) is 0 Å². The van der Waals surface area contributed by atoms with Crippen molar-refractivity contribution in [2.24, 2.45) is 0 Å². The number of aliphatic carboxylic acids is 1. The minimum Gasteiger partial charge on any atom is -0.481 e. The van der Waals surface area contributed by atoms with Crippen molar-refractivity contribution >= 4 is 77.5 Å². The van der Waals surface area contributed by atoms with Crippen LogP contribution in [0.3, 0.4) is 0 Å². The smallest absolute Gasteiger partial charge is 0.314 e. The van der Waals surface area contributed by atoms with Crippen molar-refractivity contribution < 1.29 is 29.0 Å². The van der Waals surface area contributed by atoms with Crippen LogP contribution >= 0.6 is 31.9 Å². The van der Waals surface area contributed by atoms with E-state index in [1.54, 1.807) is 6.07 Å². The molecule has 368 valence electrons. The number of pyridine rings is 2. The Morgan fingerprint density at radius 3 is 1.57 bits per heavy atom. The highest BCUT2D eigenvalue weighted by Crippen LogP contribution is 2.38. The summed E-state index contributed by atoms with van der Waals surface area (Å²) in [4.78, 5) is 77.0. The number of H-pyrrole nitrogens is 3. The number of hydrogen-bond acceptors (Lipinski definition) is 9. The molecular formula is C58H44Br2N6O8. The second kappa shape index (κ2) is 22.0. The minimum atomic E-state index is -1.07. The molecule has 1 fully saturated rings. The van der Waals surface area contributed by atoms with Gasteiger partial charge in [-0.1, -0.05) is 140 Å². The molecule has 0 unspecified atom stereocenters. The predicted molar refractivity (Wildman–Crippen MR) is 292 cm³/mol. The summed E-state index contributed by atoms with van der Waals surface area (Å²) in [6.07, 6.45) is -0.0185. The Kier molecular flexibility index (Phi) is 15.0. The zero-order valence-electron chi connectivity index (χ0n) is 39.7. The zero-order chi connectivity index (χ0) is 52.0. The van der Waals surface area contributed by atoms with Crippen LogP contribution in [0.2, 0.25) is 0 Å². The average Bonchev–Trinajstić information content (AvgIpc) is 4.17. The van der Waals surface area contributed by atoms with Crippen LogP contribution in [-0.2, 0) is 19.1 Å². The molecule has 0 radical (unpaired) electrons. The minimum absolute atomic E-state index is 0.142. The molecule has 0 spiro atoms. The van der Waals surface area contributed by atoms with E-state index in [0.29, 0.717) is 44.9 Å². The number of aromatic amines is 3. The number of fused-ring (bicyclic) bond motifs is 2. The summed E-state index contributed by atoms with van der Waals surface area (Å²) in [5.41, 5.74) is 11.6. The van der Waals surface area contributed by atoms with Gasteiger partial charge in [0.05, 0.1) is 53.2 Å². The molecule has 1 aliphatic heterocycles. The Morgan fingerprint density at radius 1 is 0.568 bits per heavy atom. The first kappa shape index (κ1) is 50.3. The van der Waals surface area contributed by atoms with Gasteiger partial charge in [-0.25, -0.2) is 0 Å². The van der Waals surface area contributed by atoms with Crippen LogP contribution in [0.25, 0.3) is 89.1 Å². The fraction of sp³-hybridized carbons (Fsp3) is 0.103. The molecule has 4 aromatic heterocycles. The largest absolute Gasteiger partial charge is 0.481 e. The van der Waals surface area contributed by atoms with Crippen LogP contribution in [0.5, 0.6) is 0 Å². The van der Waals surface area contributed by atoms with Gasteiger partial charge in [0.25, 0.3) is 11.1 Å². The summed E-state index contributed by atoms with van der Waals surface area (Å²) in [6, 6.07) is 50.5. The van der Waals surface area contributed by atoms with Crippen molar-refractivity contribution in [2.75, 3.05) is 0 Å². The number of nitrogens with one attached hydrogen (secondary N) is 3. The number of esters is 2. The Hall–Kier alpha value is -8.60. The molecule has 0 amide bonds. The number of halogens is 2. The lowest BCUT2D eigenvalue weighted by Crippen LogP contribution is -2.16. The summed E-state index contributed by atoms with van der Waals surface area (Å²) in [5.74, 6) is -2.34. The average molecular weight is 1110 g/mol. The van der Waals surface area contributed by atoms with Gasteiger partial charge in [-0.05, 0) is 85.6 Å². The topological polar surface area (TPSA) is 210 Å². The Bertz CT molecular complexity index is 3870. The standard InChI is InChI=1S/C29H22BrN3O4.C25H18BrN3O.C4H4O3/c1-17-7-12-22-21(15-17)27(19-5-3-2-4-6-19)28(29(37)31-22)23-16-24(18-8-10-20(30)11-9-18)33(32-23)25(34)13-14-26(35)36;1-15-7-12-20-19(13-15)23(17-5-3-2-4-6-17)24(25(30)27-20)22-14-21(28-29-22)16-8-10-18(26)11-9-16;5-3-1-2-4(6)7-3/h2-12,15-16H,13-14H2,1H3,(H,31,37)(H,35,36);2-14H,1H3,(H,27,30)(H,28,29);1-2H2. The number of aromatic nitrogens is 6. The van der Waals surface area contributed by atoms with E-state index in [9.17, 15) is 28.8 Å². The van der Waals surface area contributed by atoms with Gasteiger partial charge in [0.2, 0.25) is 5.91 Å². The van der Waals surface area contributed by atoms with Crippen molar-refractivity contribution in [3.63, 3.8) is 0 Å². The molecule has 74 heavy (non-hydrogen) atoms. The third kappa shape index (κ3) is 11.2. The molecule has 10 aromatic rings. The number of ether oxygens (including phenoxy) is 1. The fourth-order valence-corrected chi connectivity index (χ4v) is 9.14. The quantitative estimate of drug-likeness (QED) is 0.0793. The van der Waals surface area contributed by atoms with Crippen LogP contribution in [-0.4, -0.2) is 58.9 Å². The van der Waals surface area contributed by atoms with Crippen molar-refractivity contribution in [1.29, 1.82) is 0 Å². The number of carboxylic acid groups (broad SMARTS) is 1. The first-order chi connectivity index (χ1) is 35.7. The van der Waals surface area contributed by atoms with E-state index in [4.69, 9.17) is 5.11 Å². The zero-order valence-corrected chi connectivity index (χ0v) is 42.9. The van der Waals surface area contributed by atoms with Gasteiger partial charge in [0.15, 0.2) is 0 Å². The third-order valence-corrected chi connectivity index (χ3v) is 13.2. The van der Waals surface area contributed by atoms with Crippen LogP contribution in [0.15, 0.2) is 176 Å². The number of carbonyl (C=O) groups excluding carboxylic acids is 3. The maximum atomic E-state index is 13.5. The monoisotopic (exact) mass is 1110 g/mol. The highest BCUT2D eigenvalue weighted by atomic mass is 79.9. The summed E-state index contributed by atoms with van der Waals surface area (Å²) < 4.78 is 7.16. The summed E-state index contributed by atoms with van der Waals surface area (Å²) in [5, 5.41) is 23.1. The number of rotatable bonds is 9. The van der Waals surface area contributed by atoms with Crippen molar-refractivity contribution in [2.45, 2.75) is 39.5 Å². The summed E-state index contributed by atoms with van der Waals surface area (Å²) in [6.45, 7) is 4.04. The molecule has 14 nitrogen and oxygen atoms in total. The van der Waals surface area contributed by atoms with E-state index in [-0.39, 0.29) is 36.8 Å². The van der Waals surface area contributed by atoms with Crippen molar-refractivity contribution in [1.82, 2.24) is 29.9 Å². The van der Waals surface area contributed by atoms with Crippen LogP contribution < -0.4 is 11.1 Å². The molecule has 16 heteroatoms. The van der Waals surface area contributed by atoms with Crippen LogP contribution in [0.1, 0.15) is 41.6 Å². The molecule has 1 aliphatic rings. The van der Waals surface area contributed by atoms with Gasteiger partial charge in [-0.15, -0.1) is 0 Å². The molecule has 0 aliphatic carbocycles. The van der Waals surface area contributed by atoms with Crippen LogP contribution in [0, 0.1) is 13.8 Å². The highest BCUT2D eigenvalue weighted by molar-refractivity contribution is 9.10. The number of cyclic esters (lactones) is 2. The van der Waals surface area contributed by atoms with Crippen LogP contribution in [0.4, 0.5) is 0 Å². The molecule has 11 rings (SSSR count). The summed E-state index contributed by atoms with van der Waals surface area (Å²) >= 11 is 6.88. The highest BCUT2D eigenvalue weighted by Gasteiger charge is 2.24. The number of hydrogen-bond donors (Lipinski definition) is 4. The van der Waals surface area contributed by atoms with E-state index in [0.717, 1.165) is 64.3 Å². The van der Waals surface area contributed by atoms with E-state index in [2.05, 4.69) is 74.9 Å². The van der Waals surface area contributed by atoms with Gasteiger partial charge in [-0.3, -0.25) is 33.9 Å². The number of carbonyl (C=O) groups is 4. The van der Waals surface area contributed by atoms with Crippen molar-refractivity contribution in [3.05, 3.63) is 199 Å². The third-order valence-electron chi connectivity index (χ3n) is 12.1. The molecule has 4 N–H and O–H groups in total. The fourth-order valence-electron chi connectivity index (χ4n) is 8.62. The maximum absolute atomic E-state index is 13.5. The van der Waals surface area contributed by atoms with E-state index in [1.807, 2.05) is 153 Å².